The van der Waals surface area contributed by atoms with Gasteiger partial charge in [0.05, 0.1) is 5.52 Å². The molecule has 19 heavy (non-hydrogen) atoms. The molecule has 2 aromatic rings. The molecule has 2 rings (SSSR count). The van der Waals surface area contributed by atoms with Crippen molar-refractivity contribution in [3.05, 3.63) is 36.3 Å². The maximum absolute atomic E-state index is 11.5. The van der Waals surface area contributed by atoms with E-state index in [1.807, 2.05) is 39.0 Å². The van der Waals surface area contributed by atoms with Crippen LogP contribution < -0.4 is 5.32 Å². The van der Waals surface area contributed by atoms with E-state index < -0.39 is 11.7 Å². The van der Waals surface area contributed by atoms with Crippen LogP contribution >= 0.6 is 0 Å². The van der Waals surface area contributed by atoms with Crippen molar-refractivity contribution in [3.8, 4) is 0 Å². The Bertz CT molecular complexity index is 591. The first-order valence-corrected chi connectivity index (χ1v) is 6.09. The fraction of sp³-hybridized carbons (Fsp3) is 0.357. The summed E-state index contributed by atoms with van der Waals surface area (Å²) in [7, 11) is 0. The maximum atomic E-state index is 11.5. The molecule has 1 aromatic carbocycles. The Labute approximate surface area is 112 Å². The molecule has 1 N–H and O–H groups in total. The Kier molecular flexibility index (Phi) is 3.64. The third-order valence-electron chi connectivity index (χ3n) is 2.41. The molecule has 0 bridgehead atoms. The molecule has 0 saturated carbocycles. The molecule has 1 heterocycles. The van der Waals surface area contributed by atoms with Crippen molar-refractivity contribution < 1.29 is 9.53 Å². The summed E-state index contributed by atoms with van der Waals surface area (Å²) in [6.07, 6.45) is 2.84. The van der Waals surface area contributed by atoms with E-state index in [0.717, 1.165) is 16.5 Å². The van der Waals surface area contributed by atoms with Gasteiger partial charge < -0.3 is 10.1 Å². The van der Waals surface area contributed by atoms with Gasteiger partial charge in [-0.1, -0.05) is 12.1 Å². The maximum Gasteiger partial charge on any atom is 0.407 e. The molecule has 0 fully saturated rings. The molecule has 0 aliphatic heterocycles. The number of ether oxygens (including phenoxy) is 1. The molecule has 1 amide bonds. The van der Waals surface area contributed by atoms with Gasteiger partial charge in [0.2, 0.25) is 0 Å². The summed E-state index contributed by atoms with van der Waals surface area (Å²) in [5.74, 6) is 0. The Balaban J connectivity index is 2.00. The van der Waals surface area contributed by atoms with Gasteiger partial charge in [0.1, 0.15) is 11.9 Å². The second kappa shape index (κ2) is 5.22. The molecule has 0 aliphatic carbocycles. The molecule has 100 valence electrons. The van der Waals surface area contributed by atoms with Crippen LogP contribution in [0.2, 0.25) is 0 Å². The monoisotopic (exact) mass is 259 g/mol. The molecule has 0 spiro atoms. The van der Waals surface area contributed by atoms with E-state index in [1.54, 1.807) is 6.20 Å². The molecule has 0 radical (unpaired) electrons. The lowest BCUT2D eigenvalue weighted by molar-refractivity contribution is 0.0523. The van der Waals surface area contributed by atoms with Crippen LogP contribution in [0.3, 0.4) is 0 Å². The molecular formula is C14H17N3O2. The number of amides is 1. The predicted octanol–water partition coefficient (Wildman–Crippen LogP) is 2.65. The highest BCUT2D eigenvalue weighted by molar-refractivity contribution is 5.78. The minimum absolute atomic E-state index is 0.412. The Hall–Kier alpha value is -2.17. The highest BCUT2D eigenvalue weighted by Gasteiger charge is 2.15. The van der Waals surface area contributed by atoms with Crippen molar-refractivity contribution in [2.75, 3.05) is 0 Å². The van der Waals surface area contributed by atoms with Crippen molar-refractivity contribution in [1.82, 2.24) is 15.3 Å². The minimum atomic E-state index is -0.485. The van der Waals surface area contributed by atoms with Gasteiger partial charge in [-0.2, -0.15) is 0 Å². The van der Waals surface area contributed by atoms with Gasteiger partial charge in [0, 0.05) is 18.1 Å². The number of fused-ring (bicyclic) bond motifs is 1. The summed E-state index contributed by atoms with van der Waals surface area (Å²) in [5.41, 5.74) is 1.34. The zero-order valence-corrected chi connectivity index (χ0v) is 11.3. The average molecular weight is 259 g/mol. The quantitative estimate of drug-likeness (QED) is 0.900. The molecule has 5 nitrogen and oxygen atoms in total. The first kappa shape index (κ1) is 13.3. The third-order valence-corrected chi connectivity index (χ3v) is 2.41. The van der Waals surface area contributed by atoms with Gasteiger partial charge in [0.15, 0.2) is 0 Å². The molecular weight excluding hydrogens is 242 g/mol. The number of carbonyl (C=O) groups is 1. The second-order valence-electron chi connectivity index (χ2n) is 5.27. The number of nitrogens with zero attached hydrogens (tertiary/aromatic N) is 2. The first-order chi connectivity index (χ1) is 8.94. The lowest BCUT2D eigenvalue weighted by Gasteiger charge is -2.19. The van der Waals surface area contributed by atoms with Crippen LogP contribution in [0.5, 0.6) is 0 Å². The first-order valence-electron chi connectivity index (χ1n) is 6.09. The number of rotatable bonds is 2. The van der Waals surface area contributed by atoms with Gasteiger partial charge in [-0.25, -0.2) is 14.8 Å². The summed E-state index contributed by atoms with van der Waals surface area (Å²) >= 11 is 0. The number of alkyl carbamates (subject to hydrolysis) is 1. The predicted molar refractivity (Wildman–Crippen MR) is 72.6 cm³/mol. The molecule has 0 aliphatic rings. The third kappa shape index (κ3) is 3.91. The minimum Gasteiger partial charge on any atom is -0.444 e. The number of benzene rings is 1. The summed E-state index contributed by atoms with van der Waals surface area (Å²) in [6, 6.07) is 5.79. The SMILES string of the molecule is CC(C)(C)OC(=O)NCc1ccc2cncnc2c1. The van der Waals surface area contributed by atoms with Gasteiger partial charge in [-0.05, 0) is 32.4 Å². The zero-order valence-electron chi connectivity index (χ0n) is 11.3. The molecule has 5 heteroatoms. The van der Waals surface area contributed by atoms with E-state index in [0.29, 0.717) is 6.54 Å². The number of hydrogen-bond acceptors (Lipinski definition) is 4. The normalized spacial score (nSPS) is 11.3. The number of aromatic nitrogens is 2. The van der Waals surface area contributed by atoms with E-state index in [4.69, 9.17) is 4.74 Å². The largest absolute Gasteiger partial charge is 0.444 e. The Morgan fingerprint density at radius 1 is 1.37 bits per heavy atom. The van der Waals surface area contributed by atoms with Crippen LogP contribution in [0.1, 0.15) is 26.3 Å². The highest BCUT2D eigenvalue weighted by atomic mass is 16.6. The van der Waals surface area contributed by atoms with Crippen molar-refractivity contribution in [2.45, 2.75) is 32.9 Å². The van der Waals surface area contributed by atoms with E-state index in [2.05, 4.69) is 15.3 Å². The number of nitrogens with one attached hydrogen (secondary N) is 1. The lowest BCUT2D eigenvalue weighted by Crippen LogP contribution is -2.32. The van der Waals surface area contributed by atoms with Gasteiger partial charge >= 0.3 is 6.09 Å². The van der Waals surface area contributed by atoms with Crippen LogP contribution in [0, 0.1) is 0 Å². The standard InChI is InChI=1S/C14H17N3O2/c1-14(2,3)19-13(18)16-7-10-4-5-11-8-15-9-17-12(11)6-10/h4-6,8-9H,7H2,1-3H3,(H,16,18). The van der Waals surface area contributed by atoms with Crippen LogP contribution in [0.25, 0.3) is 10.9 Å². The second-order valence-corrected chi connectivity index (χ2v) is 5.27. The van der Waals surface area contributed by atoms with Crippen molar-refractivity contribution >= 4 is 17.0 Å². The fourth-order valence-corrected chi connectivity index (χ4v) is 1.62. The van der Waals surface area contributed by atoms with Gasteiger partial charge in [-0.15, -0.1) is 0 Å². The molecule has 1 aromatic heterocycles. The summed E-state index contributed by atoms with van der Waals surface area (Å²) in [6.45, 7) is 5.91. The zero-order chi connectivity index (χ0) is 13.9. The summed E-state index contributed by atoms with van der Waals surface area (Å²) in [5, 5.41) is 3.69. The Morgan fingerprint density at radius 2 is 2.16 bits per heavy atom. The lowest BCUT2D eigenvalue weighted by atomic mass is 10.1. The van der Waals surface area contributed by atoms with Crippen molar-refractivity contribution in [2.24, 2.45) is 0 Å². The number of hydrogen-bond donors (Lipinski definition) is 1. The molecule has 0 atom stereocenters. The van der Waals surface area contributed by atoms with Crippen molar-refractivity contribution in [3.63, 3.8) is 0 Å². The van der Waals surface area contributed by atoms with E-state index in [9.17, 15) is 4.79 Å². The van der Waals surface area contributed by atoms with Gasteiger partial charge in [-0.3, -0.25) is 0 Å². The molecule has 0 unspecified atom stereocenters. The highest BCUT2D eigenvalue weighted by Crippen LogP contribution is 2.12. The fourth-order valence-electron chi connectivity index (χ4n) is 1.62. The molecule has 0 saturated heterocycles. The van der Waals surface area contributed by atoms with E-state index in [-0.39, 0.29) is 0 Å². The van der Waals surface area contributed by atoms with Crippen molar-refractivity contribution in [1.29, 1.82) is 0 Å². The number of carbonyl (C=O) groups excluding carboxylic acids is 1. The summed E-state index contributed by atoms with van der Waals surface area (Å²) in [4.78, 5) is 19.7. The van der Waals surface area contributed by atoms with Crippen LogP contribution in [0.4, 0.5) is 4.79 Å². The Morgan fingerprint density at radius 3 is 2.89 bits per heavy atom. The smallest absolute Gasteiger partial charge is 0.407 e. The van der Waals surface area contributed by atoms with E-state index >= 15 is 0 Å². The van der Waals surface area contributed by atoms with E-state index in [1.165, 1.54) is 6.33 Å². The van der Waals surface area contributed by atoms with Crippen LogP contribution in [-0.4, -0.2) is 21.7 Å². The topological polar surface area (TPSA) is 64.1 Å². The van der Waals surface area contributed by atoms with Crippen LogP contribution in [-0.2, 0) is 11.3 Å². The summed E-state index contributed by atoms with van der Waals surface area (Å²) < 4.78 is 5.17. The average Bonchev–Trinajstić information content (AvgIpc) is 2.34. The van der Waals surface area contributed by atoms with Crippen LogP contribution in [0.15, 0.2) is 30.7 Å². The van der Waals surface area contributed by atoms with Gasteiger partial charge in [0.25, 0.3) is 0 Å².